The van der Waals surface area contributed by atoms with Gasteiger partial charge in [0.15, 0.2) is 0 Å². The fourth-order valence-electron chi connectivity index (χ4n) is 2.01. The van der Waals surface area contributed by atoms with Crippen molar-refractivity contribution in [3.05, 3.63) is 35.9 Å². The van der Waals surface area contributed by atoms with Crippen LogP contribution in [0.2, 0.25) is 0 Å². The molecule has 1 heterocycles. The molecule has 1 aromatic rings. The topological polar surface area (TPSA) is 35.5 Å². The zero-order valence-corrected chi connectivity index (χ0v) is 9.39. The predicted molar refractivity (Wildman–Crippen MR) is 59.9 cm³/mol. The summed E-state index contributed by atoms with van der Waals surface area (Å²) in [5.74, 6) is -0.210. The molecule has 0 amide bonds. The molecule has 1 aliphatic rings. The van der Waals surface area contributed by atoms with Crippen molar-refractivity contribution >= 4 is 5.97 Å². The fourth-order valence-corrected chi connectivity index (χ4v) is 2.01. The molecule has 0 unspecified atom stereocenters. The van der Waals surface area contributed by atoms with Gasteiger partial charge >= 0.3 is 5.97 Å². The lowest BCUT2D eigenvalue weighted by Crippen LogP contribution is -2.27. The van der Waals surface area contributed by atoms with Gasteiger partial charge in [-0.15, -0.1) is 0 Å². The number of benzene rings is 1. The quantitative estimate of drug-likeness (QED) is 0.718. The first-order valence-electron chi connectivity index (χ1n) is 5.59. The van der Waals surface area contributed by atoms with Crippen molar-refractivity contribution in [2.24, 2.45) is 0 Å². The van der Waals surface area contributed by atoms with Gasteiger partial charge in [0.25, 0.3) is 0 Å². The van der Waals surface area contributed by atoms with Crippen molar-refractivity contribution in [1.82, 2.24) is 0 Å². The second kappa shape index (κ2) is 5.12. The minimum absolute atomic E-state index is 0.00328. The van der Waals surface area contributed by atoms with Gasteiger partial charge in [-0.25, -0.2) is 0 Å². The molecule has 0 aromatic heterocycles. The predicted octanol–water partition coefficient (Wildman–Crippen LogP) is 2.47. The largest absolute Gasteiger partial charge is 0.462 e. The number of hydrogen-bond acceptors (Lipinski definition) is 3. The minimum atomic E-state index is -0.210. The Balaban J connectivity index is 1.99. The summed E-state index contributed by atoms with van der Waals surface area (Å²) >= 11 is 0. The normalized spacial score (nSPS) is 25.1. The third-order valence-electron chi connectivity index (χ3n) is 2.74. The van der Waals surface area contributed by atoms with Crippen molar-refractivity contribution in [1.29, 1.82) is 0 Å². The average Bonchev–Trinajstić information content (AvgIpc) is 2.30. The Bertz CT molecular complexity index is 347. The molecule has 0 radical (unpaired) electrons. The summed E-state index contributed by atoms with van der Waals surface area (Å²) in [6.07, 6.45) is 1.60. The van der Waals surface area contributed by atoms with E-state index in [0.717, 1.165) is 18.4 Å². The van der Waals surface area contributed by atoms with Gasteiger partial charge in [-0.1, -0.05) is 30.3 Å². The van der Waals surface area contributed by atoms with Gasteiger partial charge in [0.05, 0.1) is 12.7 Å². The molecular formula is C13H16O3. The molecule has 0 spiro atoms. The summed E-state index contributed by atoms with van der Waals surface area (Å²) in [5, 5.41) is 0. The maximum atomic E-state index is 10.9. The Labute approximate surface area is 95.4 Å². The standard InChI is InChI=1S/C13H16O3/c1-10(14)16-12-7-8-15-13(9-12)11-5-3-2-4-6-11/h2-6,12-13H,7-9H2,1H3/t12-,13+/m1/s1. The van der Waals surface area contributed by atoms with Gasteiger partial charge in [-0.2, -0.15) is 0 Å². The van der Waals surface area contributed by atoms with Crippen LogP contribution in [0, 0.1) is 0 Å². The van der Waals surface area contributed by atoms with E-state index in [1.54, 1.807) is 0 Å². The van der Waals surface area contributed by atoms with Crippen LogP contribution in [0.25, 0.3) is 0 Å². The second-order valence-electron chi connectivity index (χ2n) is 4.03. The molecule has 0 bridgehead atoms. The minimum Gasteiger partial charge on any atom is -0.462 e. The van der Waals surface area contributed by atoms with E-state index < -0.39 is 0 Å². The third-order valence-corrected chi connectivity index (χ3v) is 2.74. The SMILES string of the molecule is CC(=O)O[C@@H]1CCO[C@H](c2ccccc2)C1. The molecule has 16 heavy (non-hydrogen) atoms. The lowest BCUT2D eigenvalue weighted by Gasteiger charge is -2.29. The summed E-state index contributed by atoms with van der Waals surface area (Å²) < 4.78 is 10.9. The summed E-state index contributed by atoms with van der Waals surface area (Å²) in [4.78, 5) is 10.9. The van der Waals surface area contributed by atoms with Crippen LogP contribution in [0.15, 0.2) is 30.3 Å². The van der Waals surface area contributed by atoms with Gasteiger partial charge in [0.2, 0.25) is 0 Å². The molecule has 1 fully saturated rings. The van der Waals surface area contributed by atoms with Crippen molar-refractivity contribution in [2.75, 3.05) is 6.61 Å². The number of esters is 1. The number of ether oxygens (including phenoxy) is 2. The Morgan fingerprint density at radius 3 is 2.81 bits per heavy atom. The Hall–Kier alpha value is -1.35. The molecule has 3 nitrogen and oxygen atoms in total. The van der Waals surface area contributed by atoms with Crippen molar-refractivity contribution in [3.63, 3.8) is 0 Å². The molecule has 0 saturated carbocycles. The number of carbonyl (C=O) groups excluding carboxylic acids is 1. The fraction of sp³-hybridized carbons (Fsp3) is 0.462. The van der Waals surface area contributed by atoms with Crippen LogP contribution in [0.3, 0.4) is 0 Å². The first-order chi connectivity index (χ1) is 7.75. The Morgan fingerprint density at radius 2 is 2.12 bits per heavy atom. The van der Waals surface area contributed by atoms with E-state index in [1.807, 2.05) is 30.3 Å². The molecule has 1 aliphatic heterocycles. The van der Waals surface area contributed by atoms with E-state index in [0.29, 0.717) is 6.61 Å². The first-order valence-corrected chi connectivity index (χ1v) is 5.59. The second-order valence-corrected chi connectivity index (χ2v) is 4.03. The first kappa shape index (κ1) is 11.1. The zero-order chi connectivity index (χ0) is 11.4. The van der Waals surface area contributed by atoms with Crippen LogP contribution in [-0.2, 0) is 14.3 Å². The Kier molecular flexibility index (Phi) is 3.57. The van der Waals surface area contributed by atoms with E-state index >= 15 is 0 Å². The van der Waals surface area contributed by atoms with Crippen LogP contribution in [0.1, 0.15) is 31.4 Å². The maximum absolute atomic E-state index is 10.9. The summed E-state index contributed by atoms with van der Waals surface area (Å²) in [6.45, 7) is 2.10. The number of carbonyl (C=O) groups is 1. The van der Waals surface area contributed by atoms with Gasteiger partial charge < -0.3 is 9.47 Å². The maximum Gasteiger partial charge on any atom is 0.302 e. The van der Waals surface area contributed by atoms with Crippen LogP contribution in [0.5, 0.6) is 0 Å². The van der Waals surface area contributed by atoms with Gasteiger partial charge in [0, 0.05) is 19.8 Å². The molecule has 0 aliphatic carbocycles. The lowest BCUT2D eigenvalue weighted by atomic mass is 9.99. The van der Waals surface area contributed by atoms with Crippen LogP contribution < -0.4 is 0 Å². The van der Waals surface area contributed by atoms with E-state index in [1.165, 1.54) is 6.92 Å². The van der Waals surface area contributed by atoms with Gasteiger partial charge in [-0.3, -0.25) is 4.79 Å². The van der Waals surface area contributed by atoms with E-state index in [2.05, 4.69) is 0 Å². The van der Waals surface area contributed by atoms with E-state index in [-0.39, 0.29) is 18.2 Å². The molecular weight excluding hydrogens is 204 g/mol. The third kappa shape index (κ3) is 2.83. The molecule has 2 atom stereocenters. The molecule has 0 N–H and O–H groups in total. The van der Waals surface area contributed by atoms with Crippen LogP contribution in [-0.4, -0.2) is 18.7 Å². The average molecular weight is 220 g/mol. The number of hydrogen-bond donors (Lipinski definition) is 0. The highest BCUT2D eigenvalue weighted by Crippen LogP contribution is 2.29. The summed E-state index contributed by atoms with van der Waals surface area (Å²) in [5.41, 5.74) is 1.15. The van der Waals surface area contributed by atoms with Crippen molar-refractivity contribution in [3.8, 4) is 0 Å². The monoisotopic (exact) mass is 220 g/mol. The van der Waals surface area contributed by atoms with Gasteiger partial charge in [0.1, 0.15) is 6.10 Å². The van der Waals surface area contributed by atoms with E-state index in [9.17, 15) is 4.79 Å². The zero-order valence-electron chi connectivity index (χ0n) is 9.39. The van der Waals surface area contributed by atoms with Crippen LogP contribution in [0.4, 0.5) is 0 Å². The molecule has 3 heteroatoms. The highest BCUT2D eigenvalue weighted by Gasteiger charge is 2.25. The molecule has 1 saturated heterocycles. The lowest BCUT2D eigenvalue weighted by molar-refractivity contribution is -0.153. The van der Waals surface area contributed by atoms with Crippen molar-refractivity contribution < 1.29 is 14.3 Å². The smallest absolute Gasteiger partial charge is 0.302 e. The summed E-state index contributed by atoms with van der Waals surface area (Å²) in [7, 11) is 0. The van der Waals surface area contributed by atoms with E-state index in [4.69, 9.17) is 9.47 Å². The number of rotatable bonds is 2. The molecule has 2 rings (SSSR count). The van der Waals surface area contributed by atoms with Crippen LogP contribution >= 0.6 is 0 Å². The van der Waals surface area contributed by atoms with Crippen molar-refractivity contribution in [2.45, 2.75) is 32.0 Å². The Morgan fingerprint density at radius 1 is 1.38 bits per heavy atom. The summed E-state index contributed by atoms with van der Waals surface area (Å²) in [6, 6.07) is 10.1. The van der Waals surface area contributed by atoms with Gasteiger partial charge in [-0.05, 0) is 5.56 Å². The highest BCUT2D eigenvalue weighted by atomic mass is 16.6. The highest BCUT2D eigenvalue weighted by molar-refractivity contribution is 5.66. The molecule has 86 valence electrons. The molecule has 1 aromatic carbocycles.